The zero-order valence-corrected chi connectivity index (χ0v) is 18.5. The number of imide groups is 1. The van der Waals surface area contributed by atoms with Crippen LogP contribution in [0.25, 0.3) is 5.57 Å². The maximum atomic E-state index is 13.1. The summed E-state index contributed by atoms with van der Waals surface area (Å²) in [6, 6.07) is 12.1. The maximum Gasteiger partial charge on any atom is 0.301 e. The molecule has 0 aromatic heterocycles. The van der Waals surface area contributed by atoms with Gasteiger partial charge in [-0.15, -0.1) is 0 Å². The number of anilines is 2. The van der Waals surface area contributed by atoms with E-state index in [1.165, 1.54) is 14.2 Å². The number of ether oxygens (including phenoxy) is 2. The van der Waals surface area contributed by atoms with Gasteiger partial charge in [-0.1, -0.05) is 13.0 Å². The molecule has 0 saturated carbocycles. The van der Waals surface area contributed by atoms with Crippen molar-refractivity contribution in [3.05, 3.63) is 53.8 Å². The number of carbonyl (C=O) groups excluding carboxylic acids is 2. The van der Waals surface area contributed by atoms with Crippen LogP contribution in [0.4, 0.5) is 11.4 Å². The Morgan fingerprint density at radius 3 is 2.06 bits per heavy atom. The fourth-order valence-corrected chi connectivity index (χ4v) is 4.14. The number of nitrogens with zero attached hydrogens (tertiary/aromatic N) is 3. The van der Waals surface area contributed by atoms with E-state index in [1.807, 2.05) is 12.1 Å². The zero-order valence-electron chi connectivity index (χ0n) is 18.5. The lowest BCUT2D eigenvalue weighted by Gasteiger charge is -2.35. The normalized spacial score (nSPS) is 17.3. The second kappa shape index (κ2) is 8.92. The fourth-order valence-electron chi connectivity index (χ4n) is 4.14. The molecular formula is C24H27N3O5. The number of methoxy groups -OCH3 is 2. The van der Waals surface area contributed by atoms with E-state index < -0.39 is 17.6 Å². The molecule has 0 spiro atoms. The molecule has 168 valence electrons. The summed E-state index contributed by atoms with van der Waals surface area (Å²) in [6.45, 7) is 7.09. The number of hydrogen-bond donors (Lipinski definition) is 1. The van der Waals surface area contributed by atoms with Gasteiger partial charge in [-0.2, -0.15) is 0 Å². The summed E-state index contributed by atoms with van der Waals surface area (Å²) in [7, 11) is 2.99. The van der Waals surface area contributed by atoms with Crippen LogP contribution in [0.3, 0.4) is 0 Å². The lowest BCUT2D eigenvalue weighted by molar-refractivity contribution is -0.121. The number of aliphatic hydroxyl groups excluding tert-OH is 1. The first kappa shape index (κ1) is 21.7. The molecule has 2 aliphatic rings. The van der Waals surface area contributed by atoms with Gasteiger partial charge in [0.15, 0.2) is 17.3 Å². The average molecular weight is 437 g/mol. The molecule has 1 saturated heterocycles. The fraction of sp³-hybridized carbons (Fsp3) is 0.333. The highest BCUT2D eigenvalue weighted by Crippen LogP contribution is 2.36. The van der Waals surface area contributed by atoms with Crippen molar-refractivity contribution in [1.82, 2.24) is 4.90 Å². The molecule has 0 unspecified atom stereocenters. The van der Waals surface area contributed by atoms with Crippen molar-refractivity contribution in [2.45, 2.75) is 6.92 Å². The molecule has 8 heteroatoms. The lowest BCUT2D eigenvalue weighted by atomic mass is 10.0. The van der Waals surface area contributed by atoms with Gasteiger partial charge in [-0.3, -0.25) is 9.59 Å². The van der Waals surface area contributed by atoms with Gasteiger partial charge in [0.2, 0.25) is 0 Å². The van der Waals surface area contributed by atoms with E-state index in [0.717, 1.165) is 43.3 Å². The standard InChI is InChI=1S/C24H27N3O5/c1-4-25-11-13-26(14-12-25)17-6-8-18(9-7-17)27-23(29)21(22(28)24(27)30)16-5-10-19(31-2)20(15-16)32-3/h5-10,15,28H,4,11-14H2,1-3H3. The Labute approximate surface area is 187 Å². The van der Waals surface area contributed by atoms with Crippen LogP contribution in [-0.4, -0.2) is 68.8 Å². The van der Waals surface area contributed by atoms with Gasteiger partial charge in [0.05, 0.1) is 25.5 Å². The number of benzene rings is 2. The van der Waals surface area contributed by atoms with Gasteiger partial charge >= 0.3 is 5.91 Å². The van der Waals surface area contributed by atoms with Crippen LogP contribution in [-0.2, 0) is 9.59 Å². The summed E-state index contributed by atoms with van der Waals surface area (Å²) in [5, 5.41) is 10.5. The van der Waals surface area contributed by atoms with Gasteiger partial charge in [-0.05, 0) is 48.5 Å². The maximum absolute atomic E-state index is 13.1. The summed E-state index contributed by atoms with van der Waals surface area (Å²) in [5.41, 5.74) is 1.78. The Bertz CT molecular complexity index is 1060. The number of carbonyl (C=O) groups is 2. The Morgan fingerprint density at radius 2 is 1.47 bits per heavy atom. The highest BCUT2D eigenvalue weighted by atomic mass is 16.5. The lowest BCUT2D eigenvalue weighted by Crippen LogP contribution is -2.46. The van der Waals surface area contributed by atoms with Crippen LogP contribution in [0.1, 0.15) is 12.5 Å². The molecule has 2 amide bonds. The third-order valence-electron chi connectivity index (χ3n) is 6.02. The summed E-state index contributed by atoms with van der Waals surface area (Å²) in [6.07, 6.45) is 0. The molecule has 0 atom stereocenters. The Kier molecular flexibility index (Phi) is 6.05. The van der Waals surface area contributed by atoms with Crippen LogP contribution < -0.4 is 19.3 Å². The Balaban J connectivity index is 1.56. The van der Waals surface area contributed by atoms with E-state index >= 15 is 0 Å². The first-order chi connectivity index (χ1) is 15.5. The Morgan fingerprint density at radius 1 is 0.844 bits per heavy atom. The number of likely N-dealkylation sites (N-methyl/N-ethyl adjacent to an activating group) is 1. The molecule has 2 aliphatic heterocycles. The molecule has 2 aromatic rings. The molecule has 1 N–H and O–H groups in total. The van der Waals surface area contributed by atoms with E-state index in [9.17, 15) is 14.7 Å². The zero-order chi connectivity index (χ0) is 22.8. The second-order valence-corrected chi connectivity index (χ2v) is 7.68. The summed E-state index contributed by atoms with van der Waals surface area (Å²) < 4.78 is 10.5. The van der Waals surface area contributed by atoms with E-state index in [4.69, 9.17) is 9.47 Å². The van der Waals surface area contributed by atoms with Crippen LogP contribution in [0.5, 0.6) is 11.5 Å². The first-order valence-corrected chi connectivity index (χ1v) is 10.6. The molecule has 4 rings (SSSR count). The summed E-state index contributed by atoms with van der Waals surface area (Å²) >= 11 is 0. The molecule has 32 heavy (non-hydrogen) atoms. The van der Waals surface area contributed by atoms with Crippen LogP contribution in [0.2, 0.25) is 0 Å². The number of rotatable bonds is 6. The number of amides is 2. The minimum atomic E-state index is -0.746. The molecule has 0 radical (unpaired) electrons. The predicted molar refractivity (Wildman–Crippen MR) is 122 cm³/mol. The van der Waals surface area contributed by atoms with Crippen molar-refractivity contribution in [2.75, 3.05) is 56.7 Å². The minimum absolute atomic E-state index is 0.0595. The van der Waals surface area contributed by atoms with Crippen molar-refractivity contribution in [2.24, 2.45) is 0 Å². The van der Waals surface area contributed by atoms with Crippen molar-refractivity contribution in [1.29, 1.82) is 0 Å². The van der Waals surface area contributed by atoms with E-state index in [-0.39, 0.29) is 5.57 Å². The molecule has 0 aliphatic carbocycles. The van der Waals surface area contributed by atoms with Gasteiger partial charge in [0, 0.05) is 31.9 Å². The monoisotopic (exact) mass is 437 g/mol. The van der Waals surface area contributed by atoms with Crippen LogP contribution in [0, 0.1) is 0 Å². The third-order valence-corrected chi connectivity index (χ3v) is 6.02. The summed E-state index contributed by atoms with van der Waals surface area (Å²) in [5.74, 6) is -1.02. The largest absolute Gasteiger partial charge is 0.502 e. The van der Waals surface area contributed by atoms with Crippen LogP contribution in [0.15, 0.2) is 48.2 Å². The first-order valence-electron chi connectivity index (χ1n) is 10.6. The SMILES string of the molecule is CCN1CCN(c2ccc(N3C(=O)C(O)=C(c4ccc(OC)c(OC)c4)C3=O)cc2)CC1. The van der Waals surface area contributed by atoms with Crippen molar-refractivity contribution in [3.63, 3.8) is 0 Å². The van der Waals surface area contributed by atoms with E-state index in [2.05, 4.69) is 16.7 Å². The molecule has 1 fully saturated rings. The predicted octanol–water partition coefficient (Wildman–Crippen LogP) is 2.69. The minimum Gasteiger partial charge on any atom is -0.502 e. The topological polar surface area (TPSA) is 82.6 Å². The second-order valence-electron chi connectivity index (χ2n) is 7.68. The molecular weight excluding hydrogens is 410 g/mol. The highest BCUT2D eigenvalue weighted by Gasteiger charge is 2.40. The van der Waals surface area contributed by atoms with Gasteiger partial charge in [0.1, 0.15) is 0 Å². The average Bonchev–Trinajstić information content (AvgIpc) is 3.06. The van der Waals surface area contributed by atoms with Crippen LogP contribution >= 0.6 is 0 Å². The van der Waals surface area contributed by atoms with E-state index in [1.54, 1.807) is 30.3 Å². The Hall–Kier alpha value is -3.52. The van der Waals surface area contributed by atoms with Gasteiger partial charge < -0.3 is 24.4 Å². The van der Waals surface area contributed by atoms with E-state index in [0.29, 0.717) is 22.7 Å². The molecule has 0 bridgehead atoms. The molecule has 8 nitrogen and oxygen atoms in total. The quantitative estimate of drug-likeness (QED) is 0.696. The summed E-state index contributed by atoms with van der Waals surface area (Å²) in [4.78, 5) is 31.6. The van der Waals surface area contributed by atoms with Gasteiger partial charge in [-0.25, -0.2) is 4.90 Å². The van der Waals surface area contributed by atoms with Gasteiger partial charge in [0.25, 0.3) is 5.91 Å². The molecule has 2 heterocycles. The number of aliphatic hydroxyl groups is 1. The van der Waals surface area contributed by atoms with Crippen molar-refractivity contribution < 1.29 is 24.2 Å². The molecule has 2 aromatic carbocycles. The number of piperazine rings is 1. The third kappa shape index (κ3) is 3.78. The van der Waals surface area contributed by atoms with Crippen molar-refractivity contribution in [3.8, 4) is 11.5 Å². The number of hydrogen-bond acceptors (Lipinski definition) is 7. The van der Waals surface area contributed by atoms with Crippen molar-refractivity contribution >= 4 is 28.8 Å². The smallest absolute Gasteiger partial charge is 0.301 e. The highest BCUT2D eigenvalue weighted by molar-refractivity contribution is 6.44.